The molecule has 3 aromatic rings. The highest BCUT2D eigenvalue weighted by Crippen LogP contribution is 2.35. The van der Waals surface area contributed by atoms with Crippen molar-refractivity contribution in [1.82, 2.24) is 14.2 Å². The van der Waals surface area contributed by atoms with E-state index in [0.717, 1.165) is 0 Å². The Balaban J connectivity index is 1.21. The van der Waals surface area contributed by atoms with Crippen LogP contribution < -0.4 is 5.76 Å². The van der Waals surface area contributed by atoms with Gasteiger partial charge in [-0.1, -0.05) is 23.2 Å². The van der Waals surface area contributed by atoms with Crippen molar-refractivity contribution < 1.29 is 22.4 Å². The van der Waals surface area contributed by atoms with E-state index in [2.05, 4.69) is 4.98 Å². The second kappa shape index (κ2) is 8.35. The number of aromatic amines is 1. The molecule has 12 heteroatoms. The van der Waals surface area contributed by atoms with E-state index in [0.29, 0.717) is 47.3 Å². The topological polar surface area (TPSA) is 113 Å². The molecule has 9 nitrogen and oxygen atoms in total. The summed E-state index contributed by atoms with van der Waals surface area (Å²) < 4.78 is 38.0. The molecule has 1 aromatic heterocycles. The molecule has 1 amide bonds. The number of aromatic nitrogens is 1. The average molecular weight is 512 g/mol. The molecule has 0 unspecified atom stereocenters. The lowest BCUT2D eigenvalue weighted by Crippen LogP contribution is -2.35. The molecule has 5 rings (SSSR count). The Bertz CT molecular complexity index is 1370. The number of benzene rings is 2. The molecule has 2 atom stereocenters. The van der Waals surface area contributed by atoms with E-state index in [1.54, 1.807) is 23.1 Å². The van der Waals surface area contributed by atoms with Crippen LogP contribution in [0.4, 0.5) is 4.79 Å². The van der Waals surface area contributed by atoms with Crippen LogP contribution in [0.2, 0.25) is 10.0 Å². The fraction of sp³-hybridized carbons (Fsp3) is 0.333. The Hall–Kier alpha value is -2.53. The number of likely N-dealkylation sites (tertiary alicyclic amines) is 1. The van der Waals surface area contributed by atoms with Crippen LogP contribution in [-0.2, 0) is 21.4 Å². The van der Waals surface area contributed by atoms with E-state index < -0.39 is 21.9 Å². The third-order valence-corrected chi connectivity index (χ3v) is 8.29. The van der Waals surface area contributed by atoms with Crippen LogP contribution in [0.15, 0.2) is 50.5 Å². The number of fused-ring (bicyclic) bond motifs is 2. The van der Waals surface area contributed by atoms with E-state index in [4.69, 9.17) is 32.4 Å². The first-order chi connectivity index (χ1) is 15.7. The summed E-state index contributed by atoms with van der Waals surface area (Å²) in [5.74, 6) is -0.607. The van der Waals surface area contributed by atoms with Gasteiger partial charge in [-0.25, -0.2) is 18.0 Å². The summed E-state index contributed by atoms with van der Waals surface area (Å²) in [6, 6.07) is 9.26. The quantitative estimate of drug-likeness (QED) is 0.574. The smallest absolute Gasteiger partial charge is 0.417 e. The summed E-state index contributed by atoms with van der Waals surface area (Å²) in [5, 5.41) is 0.923. The SMILES string of the molecule is O=C(OCc1cc(Cl)cc(Cl)c1)N1C[C@@H]2CN(S(=O)(=O)c3ccc4[nH]c(=O)oc4c3)C[C@@H]2C1. The van der Waals surface area contributed by atoms with E-state index >= 15 is 0 Å². The molecule has 33 heavy (non-hydrogen) atoms. The minimum atomic E-state index is -3.76. The molecule has 2 saturated heterocycles. The first-order valence-corrected chi connectivity index (χ1v) is 12.4. The van der Waals surface area contributed by atoms with Gasteiger partial charge in [0.15, 0.2) is 5.58 Å². The van der Waals surface area contributed by atoms with Gasteiger partial charge in [0.25, 0.3) is 0 Å². The molecule has 0 spiro atoms. The van der Waals surface area contributed by atoms with Crippen molar-refractivity contribution in [3.05, 3.63) is 62.6 Å². The van der Waals surface area contributed by atoms with Crippen molar-refractivity contribution in [3.63, 3.8) is 0 Å². The molecule has 2 fully saturated rings. The first-order valence-electron chi connectivity index (χ1n) is 10.2. The van der Waals surface area contributed by atoms with Crippen molar-refractivity contribution >= 4 is 50.4 Å². The number of amides is 1. The number of hydrogen-bond acceptors (Lipinski definition) is 6. The number of nitrogens with one attached hydrogen (secondary N) is 1. The number of H-pyrrole nitrogens is 1. The lowest BCUT2D eigenvalue weighted by molar-refractivity contribution is 0.101. The van der Waals surface area contributed by atoms with Gasteiger partial charge in [-0.05, 0) is 47.7 Å². The Labute approximate surface area is 198 Å². The maximum absolute atomic E-state index is 13.1. The van der Waals surface area contributed by atoms with Crippen LogP contribution in [0, 0.1) is 11.8 Å². The van der Waals surface area contributed by atoms with Gasteiger partial charge in [-0.15, -0.1) is 0 Å². The van der Waals surface area contributed by atoms with Crippen LogP contribution in [-0.4, -0.2) is 54.9 Å². The number of oxazole rings is 1. The van der Waals surface area contributed by atoms with Crippen molar-refractivity contribution in [1.29, 1.82) is 0 Å². The van der Waals surface area contributed by atoms with Gasteiger partial charge in [0.2, 0.25) is 10.0 Å². The van der Waals surface area contributed by atoms with Crippen LogP contribution in [0.1, 0.15) is 5.56 Å². The number of carbonyl (C=O) groups is 1. The molecular weight excluding hydrogens is 493 g/mol. The van der Waals surface area contributed by atoms with E-state index in [1.807, 2.05) is 0 Å². The summed E-state index contributed by atoms with van der Waals surface area (Å²) in [6.45, 7) is 1.48. The second-order valence-corrected chi connectivity index (χ2v) is 11.1. The Morgan fingerprint density at radius 1 is 1.06 bits per heavy atom. The highest BCUT2D eigenvalue weighted by atomic mass is 35.5. The predicted octanol–water partition coefficient (Wildman–Crippen LogP) is 3.32. The molecule has 0 aliphatic carbocycles. The summed E-state index contributed by atoms with van der Waals surface area (Å²) >= 11 is 11.9. The van der Waals surface area contributed by atoms with Gasteiger partial charge in [-0.2, -0.15) is 4.31 Å². The van der Waals surface area contributed by atoms with Gasteiger partial charge in [-0.3, -0.25) is 4.98 Å². The molecule has 0 saturated carbocycles. The summed E-state index contributed by atoms with van der Waals surface area (Å²) in [6.07, 6.45) is -0.456. The normalized spacial score (nSPS) is 21.0. The van der Waals surface area contributed by atoms with Crippen molar-refractivity contribution in [2.75, 3.05) is 26.2 Å². The van der Waals surface area contributed by atoms with Gasteiger partial charge in [0.05, 0.1) is 10.4 Å². The molecule has 1 N–H and O–H groups in total. The zero-order valence-corrected chi connectivity index (χ0v) is 19.5. The third-order valence-electron chi connectivity index (χ3n) is 6.03. The molecule has 2 aliphatic heterocycles. The number of nitrogens with zero attached hydrogens (tertiary/aromatic N) is 2. The number of carbonyl (C=O) groups excluding carboxylic acids is 1. The van der Waals surface area contributed by atoms with Gasteiger partial charge >= 0.3 is 11.8 Å². The minimum absolute atomic E-state index is 0.0156. The predicted molar refractivity (Wildman–Crippen MR) is 121 cm³/mol. The highest BCUT2D eigenvalue weighted by Gasteiger charge is 2.45. The monoisotopic (exact) mass is 511 g/mol. The van der Waals surface area contributed by atoms with E-state index in [-0.39, 0.29) is 28.9 Å². The fourth-order valence-electron chi connectivity index (χ4n) is 4.46. The lowest BCUT2D eigenvalue weighted by atomic mass is 10.0. The molecule has 174 valence electrons. The minimum Gasteiger partial charge on any atom is -0.445 e. The summed E-state index contributed by atoms with van der Waals surface area (Å²) in [5.41, 5.74) is 1.31. The van der Waals surface area contributed by atoms with Gasteiger partial charge in [0.1, 0.15) is 6.61 Å². The van der Waals surface area contributed by atoms with Crippen molar-refractivity contribution in [2.45, 2.75) is 11.5 Å². The van der Waals surface area contributed by atoms with E-state index in [9.17, 15) is 18.0 Å². The lowest BCUT2D eigenvalue weighted by Gasteiger charge is -2.21. The highest BCUT2D eigenvalue weighted by molar-refractivity contribution is 7.89. The molecule has 0 bridgehead atoms. The summed E-state index contributed by atoms with van der Waals surface area (Å²) in [4.78, 5) is 28.0. The first kappa shape index (κ1) is 22.3. The van der Waals surface area contributed by atoms with Gasteiger partial charge < -0.3 is 14.1 Å². The zero-order valence-electron chi connectivity index (χ0n) is 17.2. The van der Waals surface area contributed by atoms with Crippen LogP contribution >= 0.6 is 23.2 Å². The van der Waals surface area contributed by atoms with Crippen molar-refractivity contribution in [2.24, 2.45) is 11.8 Å². The Morgan fingerprint density at radius 3 is 2.39 bits per heavy atom. The van der Waals surface area contributed by atoms with E-state index in [1.165, 1.54) is 22.5 Å². The maximum atomic E-state index is 13.1. The van der Waals surface area contributed by atoms with Crippen LogP contribution in [0.3, 0.4) is 0 Å². The maximum Gasteiger partial charge on any atom is 0.417 e. The van der Waals surface area contributed by atoms with Crippen molar-refractivity contribution in [3.8, 4) is 0 Å². The number of rotatable bonds is 4. The molecular formula is C21H19Cl2N3O6S. The molecule has 3 heterocycles. The number of ether oxygens (including phenoxy) is 1. The number of halogens is 2. The largest absolute Gasteiger partial charge is 0.445 e. The zero-order chi connectivity index (χ0) is 23.3. The molecule has 2 aliphatic rings. The van der Waals surface area contributed by atoms with Crippen LogP contribution in [0.25, 0.3) is 11.1 Å². The fourth-order valence-corrected chi connectivity index (χ4v) is 6.60. The Morgan fingerprint density at radius 2 is 1.73 bits per heavy atom. The number of hydrogen-bond donors (Lipinski definition) is 1. The summed E-state index contributed by atoms with van der Waals surface area (Å²) in [7, 11) is -3.76. The molecule has 2 aromatic carbocycles. The average Bonchev–Trinajstić information content (AvgIpc) is 3.42. The number of sulfonamides is 1. The van der Waals surface area contributed by atoms with Crippen LogP contribution in [0.5, 0.6) is 0 Å². The molecule has 0 radical (unpaired) electrons. The third kappa shape index (κ3) is 4.35. The second-order valence-electron chi connectivity index (χ2n) is 8.25. The van der Waals surface area contributed by atoms with Gasteiger partial charge in [0, 0.05) is 42.3 Å². The Kier molecular flexibility index (Phi) is 5.64. The standard InChI is InChI=1S/C21H19Cl2N3O6S/c22-15-3-12(4-16(23)5-15)11-31-21(28)25-7-13-9-26(10-14(13)8-25)33(29,30)17-1-2-18-19(6-17)32-20(27)24-18/h1-6,13-14H,7-11H2,(H,24,27)/t13-,14+.